The van der Waals surface area contributed by atoms with Gasteiger partial charge in [0.15, 0.2) is 0 Å². The van der Waals surface area contributed by atoms with Gasteiger partial charge in [-0.3, -0.25) is 14.3 Å². The van der Waals surface area contributed by atoms with Crippen molar-refractivity contribution in [3.63, 3.8) is 0 Å². The molecule has 0 saturated heterocycles. The van der Waals surface area contributed by atoms with Crippen LogP contribution < -0.4 is 5.56 Å². The summed E-state index contributed by atoms with van der Waals surface area (Å²) in [7, 11) is 0. The SMILES string of the molecule is O=c1c2c(Cl)c(S)ccc2ncn1Cc1cccnc1. The summed E-state index contributed by atoms with van der Waals surface area (Å²) in [4.78, 5) is 21.4. The zero-order chi connectivity index (χ0) is 14.1. The third kappa shape index (κ3) is 2.30. The number of thiol groups is 1. The standard InChI is InChI=1S/C14H10ClN3OS/c15-13-11(20)4-3-10-12(13)14(19)18(8-17-10)7-9-2-1-5-16-6-9/h1-6,8,20H,7H2. The number of fused-ring (bicyclic) bond motifs is 1. The fourth-order valence-electron chi connectivity index (χ4n) is 1.99. The van der Waals surface area contributed by atoms with Gasteiger partial charge in [0.25, 0.3) is 5.56 Å². The third-order valence-electron chi connectivity index (χ3n) is 2.99. The minimum atomic E-state index is -0.181. The minimum Gasteiger partial charge on any atom is -0.294 e. The van der Waals surface area contributed by atoms with Crippen LogP contribution in [-0.4, -0.2) is 14.5 Å². The molecule has 4 nitrogen and oxygen atoms in total. The Morgan fingerprint density at radius 2 is 2.15 bits per heavy atom. The number of hydrogen-bond donors (Lipinski definition) is 1. The molecule has 0 amide bonds. The molecule has 0 aliphatic carbocycles. The van der Waals surface area contributed by atoms with E-state index >= 15 is 0 Å². The van der Waals surface area contributed by atoms with Crippen LogP contribution in [0, 0.1) is 0 Å². The largest absolute Gasteiger partial charge is 0.294 e. The van der Waals surface area contributed by atoms with E-state index in [0.717, 1.165) is 5.56 Å². The highest BCUT2D eigenvalue weighted by molar-refractivity contribution is 7.80. The summed E-state index contributed by atoms with van der Waals surface area (Å²) in [5, 5.41) is 0.731. The molecule has 0 spiro atoms. The Morgan fingerprint density at radius 3 is 2.90 bits per heavy atom. The van der Waals surface area contributed by atoms with Gasteiger partial charge in [0.1, 0.15) is 0 Å². The van der Waals surface area contributed by atoms with Crippen molar-refractivity contribution in [3.8, 4) is 0 Å². The maximum absolute atomic E-state index is 12.5. The Morgan fingerprint density at radius 1 is 1.30 bits per heavy atom. The first-order chi connectivity index (χ1) is 9.66. The van der Waals surface area contributed by atoms with Crippen molar-refractivity contribution in [2.45, 2.75) is 11.4 Å². The smallest absolute Gasteiger partial charge is 0.263 e. The van der Waals surface area contributed by atoms with Crippen LogP contribution in [0.2, 0.25) is 5.02 Å². The van der Waals surface area contributed by atoms with E-state index in [9.17, 15) is 4.79 Å². The molecule has 0 bridgehead atoms. The van der Waals surface area contributed by atoms with Gasteiger partial charge in [-0.2, -0.15) is 0 Å². The molecule has 0 aliphatic heterocycles. The van der Waals surface area contributed by atoms with Crippen molar-refractivity contribution in [2.75, 3.05) is 0 Å². The lowest BCUT2D eigenvalue weighted by Gasteiger charge is -2.08. The maximum atomic E-state index is 12.5. The van der Waals surface area contributed by atoms with Crippen molar-refractivity contribution in [1.82, 2.24) is 14.5 Å². The van der Waals surface area contributed by atoms with Gasteiger partial charge in [0.2, 0.25) is 0 Å². The predicted molar refractivity (Wildman–Crippen MR) is 81.6 cm³/mol. The molecule has 20 heavy (non-hydrogen) atoms. The highest BCUT2D eigenvalue weighted by atomic mass is 35.5. The zero-order valence-corrected chi connectivity index (χ0v) is 12.0. The average molecular weight is 304 g/mol. The van der Waals surface area contributed by atoms with Crippen molar-refractivity contribution in [2.24, 2.45) is 0 Å². The molecule has 0 fully saturated rings. The van der Waals surface area contributed by atoms with E-state index < -0.39 is 0 Å². The second-order valence-electron chi connectivity index (χ2n) is 4.33. The summed E-state index contributed by atoms with van der Waals surface area (Å²) in [6, 6.07) is 7.19. The molecule has 3 rings (SSSR count). The van der Waals surface area contributed by atoms with Gasteiger partial charge in [-0.15, -0.1) is 12.6 Å². The van der Waals surface area contributed by atoms with Gasteiger partial charge < -0.3 is 0 Å². The lowest BCUT2D eigenvalue weighted by atomic mass is 10.2. The Labute approximate surface area is 125 Å². The van der Waals surface area contributed by atoms with Crippen LogP contribution in [0.25, 0.3) is 10.9 Å². The molecular weight excluding hydrogens is 294 g/mol. The predicted octanol–water partition coefficient (Wildman–Crippen LogP) is 2.78. The molecule has 0 N–H and O–H groups in total. The van der Waals surface area contributed by atoms with E-state index in [4.69, 9.17) is 11.6 Å². The van der Waals surface area contributed by atoms with Crippen LogP contribution >= 0.6 is 24.2 Å². The monoisotopic (exact) mass is 303 g/mol. The van der Waals surface area contributed by atoms with E-state index in [2.05, 4.69) is 22.6 Å². The number of nitrogens with zero attached hydrogens (tertiary/aromatic N) is 3. The topological polar surface area (TPSA) is 47.8 Å². The number of pyridine rings is 1. The first-order valence-electron chi connectivity index (χ1n) is 5.92. The zero-order valence-electron chi connectivity index (χ0n) is 10.3. The number of rotatable bonds is 2. The molecule has 0 atom stereocenters. The first kappa shape index (κ1) is 13.1. The minimum absolute atomic E-state index is 0.181. The lowest BCUT2D eigenvalue weighted by Crippen LogP contribution is -2.21. The Bertz CT molecular complexity index is 833. The normalized spacial score (nSPS) is 10.9. The molecule has 2 aromatic heterocycles. The van der Waals surface area contributed by atoms with Crippen LogP contribution in [0.4, 0.5) is 0 Å². The van der Waals surface area contributed by atoms with Gasteiger partial charge in [0, 0.05) is 17.3 Å². The van der Waals surface area contributed by atoms with Gasteiger partial charge in [-0.1, -0.05) is 17.7 Å². The molecule has 0 aliphatic rings. The van der Waals surface area contributed by atoms with E-state index in [0.29, 0.717) is 27.4 Å². The van der Waals surface area contributed by atoms with Gasteiger partial charge in [-0.25, -0.2) is 4.98 Å². The van der Waals surface area contributed by atoms with Crippen LogP contribution in [0.15, 0.2) is 52.7 Å². The average Bonchev–Trinajstić information content (AvgIpc) is 2.47. The molecule has 3 aromatic rings. The number of hydrogen-bond acceptors (Lipinski definition) is 4. The Kier molecular flexibility index (Phi) is 3.46. The lowest BCUT2D eigenvalue weighted by molar-refractivity contribution is 0.745. The fourth-order valence-corrected chi connectivity index (χ4v) is 2.42. The fraction of sp³-hybridized carbons (Fsp3) is 0.0714. The van der Waals surface area contributed by atoms with Crippen LogP contribution in [0.3, 0.4) is 0 Å². The van der Waals surface area contributed by atoms with Gasteiger partial charge in [0.05, 0.1) is 28.8 Å². The van der Waals surface area contributed by atoms with Crippen LogP contribution in [-0.2, 0) is 6.54 Å². The van der Waals surface area contributed by atoms with Crippen molar-refractivity contribution in [1.29, 1.82) is 0 Å². The van der Waals surface area contributed by atoms with E-state index in [1.165, 1.54) is 10.9 Å². The maximum Gasteiger partial charge on any atom is 0.263 e. The highest BCUT2D eigenvalue weighted by Crippen LogP contribution is 2.25. The van der Waals surface area contributed by atoms with E-state index in [1.807, 2.05) is 12.1 Å². The molecule has 2 heterocycles. The summed E-state index contributed by atoms with van der Waals surface area (Å²) in [5.41, 5.74) is 1.31. The van der Waals surface area contributed by atoms with Crippen molar-refractivity contribution in [3.05, 3.63) is 63.9 Å². The van der Waals surface area contributed by atoms with Gasteiger partial charge >= 0.3 is 0 Å². The molecule has 0 saturated carbocycles. The van der Waals surface area contributed by atoms with Gasteiger partial charge in [-0.05, 0) is 23.8 Å². The molecule has 0 unspecified atom stereocenters. The Hall–Kier alpha value is -1.85. The molecule has 6 heteroatoms. The highest BCUT2D eigenvalue weighted by Gasteiger charge is 2.10. The third-order valence-corrected chi connectivity index (χ3v) is 3.88. The molecule has 0 radical (unpaired) electrons. The number of benzene rings is 1. The first-order valence-corrected chi connectivity index (χ1v) is 6.75. The molecular formula is C14H10ClN3OS. The van der Waals surface area contributed by atoms with Crippen LogP contribution in [0.5, 0.6) is 0 Å². The Balaban J connectivity index is 2.16. The van der Waals surface area contributed by atoms with E-state index in [1.54, 1.807) is 24.5 Å². The second-order valence-corrected chi connectivity index (χ2v) is 5.19. The van der Waals surface area contributed by atoms with Crippen molar-refractivity contribution < 1.29 is 0 Å². The summed E-state index contributed by atoms with van der Waals surface area (Å²) < 4.78 is 1.51. The number of halogens is 1. The number of aromatic nitrogens is 3. The summed E-state index contributed by atoms with van der Waals surface area (Å²) >= 11 is 10.4. The van der Waals surface area contributed by atoms with Crippen LogP contribution in [0.1, 0.15) is 5.56 Å². The summed E-state index contributed by atoms with van der Waals surface area (Å²) in [6.07, 6.45) is 4.93. The molecule has 1 aromatic carbocycles. The quantitative estimate of drug-likeness (QED) is 0.741. The summed E-state index contributed by atoms with van der Waals surface area (Å²) in [5.74, 6) is 0. The summed E-state index contributed by atoms with van der Waals surface area (Å²) in [6.45, 7) is 0.405. The van der Waals surface area contributed by atoms with E-state index in [-0.39, 0.29) is 5.56 Å². The second kappa shape index (κ2) is 5.26. The molecule has 100 valence electrons. The van der Waals surface area contributed by atoms with Crippen molar-refractivity contribution >= 4 is 35.1 Å².